The molecule has 1 rings (SSSR count). The average Bonchev–Trinajstić information content (AvgIpc) is 3.27. The summed E-state index contributed by atoms with van der Waals surface area (Å²) in [6.45, 7) is 1.10. The number of nitro benzene ring substituents is 1. The molecule has 0 atom stereocenters. The summed E-state index contributed by atoms with van der Waals surface area (Å²) in [5.41, 5.74) is 8.15. The fourth-order valence-electron chi connectivity index (χ4n) is 4.58. The van der Waals surface area contributed by atoms with E-state index in [0.717, 1.165) is 24.5 Å². The molecule has 0 aliphatic rings. The molecule has 1 aromatic rings. The predicted octanol–water partition coefficient (Wildman–Crippen LogP) is 0.0966. The minimum absolute atomic E-state index is 0. The Morgan fingerprint density at radius 1 is 0.667 bits per heavy atom. The van der Waals surface area contributed by atoms with Gasteiger partial charge < -0.3 is 63.6 Å². The van der Waals surface area contributed by atoms with Gasteiger partial charge in [-0.1, -0.05) is 12.5 Å². The number of hydrogen-bond donors (Lipinski definition) is 2. The number of azide groups is 1. The zero-order valence-electron chi connectivity index (χ0n) is 38.5. The first-order valence-corrected chi connectivity index (χ1v) is 19.9. The fraction of sp³-hybridized carbons (Fsp3) is 0.667. The van der Waals surface area contributed by atoms with E-state index in [4.69, 9.17) is 35.3 Å². The summed E-state index contributed by atoms with van der Waals surface area (Å²) in [7, 11) is 5.95. The molecule has 66 heavy (non-hydrogen) atoms. The van der Waals surface area contributed by atoms with Gasteiger partial charge in [-0.2, -0.15) is 0 Å². The van der Waals surface area contributed by atoms with E-state index in [1.54, 1.807) is 0 Å². The van der Waals surface area contributed by atoms with Crippen molar-refractivity contribution < 1.29 is 72.7 Å². The lowest BCUT2D eigenvalue weighted by molar-refractivity contribution is -0.384. The number of rotatable bonds is 33. The van der Waals surface area contributed by atoms with Crippen molar-refractivity contribution in [2.45, 2.75) is 13.8 Å². The molecule has 0 radical (unpaired) electrons. The van der Waals surface area contributed by atoms with Crippen molar-refractivity contribution in [2.24, 2.45) is 5.11 Å². The molecular formula is C39H66FN11O15. The molecule has 0 saturated heterocycles. The molecule has 2 N–H and O–H groups in total. The highest BCUT2D eigenvalue weighted by Crippen LogP contribution is 2.17. The number of benzene rings is 1. The standard InChI is InChI=1S/C37H59N11O15.CH3F.CH4/c1-43(23-31(49)39-11-6-12-41-42-38)32(50)24-44(2)33(51)25-45(3)34(52)26-46(4)35(53)27-47(5)36(54)28-62-22-21-61-20-19-60-18-17-59-16-15-58-14-13-40-37(55)63-30-9-7-29(8-10-30)48(56)57;1-2;/h7-10H,6,11-28H2,1-5H3,(H,39,49)(H,40,55);1H3;1H4/i;1D;. The second kappa shape index (κ2) is 38.1. The Hall–Kier alpha value is -6.25. The molecule has 26 nitrogen and oxygen atoms in total. The van der Waals surface area contributed by atoms with Crippen LogP contribution in [0.4, 0.5) is 14.9 Å². The third-order valence-electron chi connectivity index (χ3n) is 8.31. The van der Waals surface area contributed by atoms with Gasteiger partial charge in [0.1, 0.15) is 12.4 Å². The number of hydrogen-bond acceptors (Lipinski definition) is 16. The van der Waals surface area contributed by atoms with Crippen LogP contribution in [0.25, 0.3) is 10.4 Å². The zero-order chi connectivity index (χ0) is 49.7. The van der Waals surface area contributed by atoms with E-state index in [1.807, 2.05) is 0 Å². The molecular weight excluding hydrogens is 881 g/mol. The SMILES string of the molecule is C.CN(CC(=O)NCCCN=[N+]=[N-])C(=O)CN(C)C(=O)CN(C)C(=O)CN(C)C(=O)CN(C)C(=O)COCCOCCOCCOCCOCCNC(=O)Oc1ccc([N+](=O)[O-])cc1.[2H]CF. The largest absolute Gasteiger partial charge is 0.412 e. The molecule has 0 aliphatic heterocycles. The maximum atomic E-state index is 12.7. The third kappa shape index (κ3) is 30.0. The molecule has 0 aliphatic carbocycles. The Balaban J connectivity index is 0. The predicted molar refractivity (Wildman–Crippen MR) is 235 cm³/mol. The molecule has 27 heteroatoms. The maximum Gasteiger partial charge on any atom is 0.412 e. The molecule has 7 amide bonds. The normalized spacial score (nSPS) is 10.3. The van der Waals surface area contributed by atoms with E-state index >= 15 is 0 Å². The number of non-ortho nitro benzene ring substituents is 1. The number of nitro groups is 1. The Kier molecular flexibility index (Phi) is 34.5. The number of halogens is 1. The van der Waals surface area contributed by atoms with E-state index in [2.05, 4.69) is 20.7 Å². The average molecular weight is 949 g/mol. The van der Waals surface area contributed by atoms with Gasteiger partial charge in [0.25, 0.3) is 5.69 Å². The lowest BCUT2D eigenvalue weighted by Crippen LogP contribution is -2.48. The van der Waals surface area contributed by atoms with Crippen LogP contribution >= 0.6 is 0 Å². The summed E-state index contributed by atoms with van der Waals surface area (Å²) in [5, 5.41) is 19.1. The van der Waals surface area contributed by atoms with Crippen molar-refractivity contribution in [3.63, 3.8) is 0 Å². The van der Waals surface area contributed by atoms with Gasteiger partial charge in [-0.05, 0) is 24.1 Å². The molecule has 0 heterocycles. The number of ether oxygens (including phenoxy) is 6. The van der Waals surface area contributed by atoms with Crippen LogP contribution in [-0.4, -0.2) is 232 Å². The number of nitrogens with zero attached hydrogens (tertiary/aromatic N) is 9. The minimum Gasteiger partial charge on any atom is -0.410 e. The molecule has 0 unspecified atom stereocenters. The second-order valence-electron chi connectivity index (χ2n) is 13.5. The summed E-state index contributed by atoms with van der Waals surface area (Å²) in [6.07, 6.45) is -0.277. The number of carbonyl (C=O) groups excluding carboxylic acids is 7. The van der Waals surface area contributed by atoms with Crippen LogP contribution in [0.2, 0.25) is 0 Å². The molecule has 0 bridgehead atoms. The van der Waals surface area contributed by atoms with Crippen LogP contribution in [0.1, 0.15) is 15.2 Å². The van der Waals surface area contributed by atoms with Crippen molar-refractivity contribution in [1.29, 1.82) is 0 Å². The topological polar surface area (TPSA) is 307 Å². The Morgan fingerprint density at radius 2 is 1.06 bits per heavy atom. The highest BCUT2D eigenvalue weighted by atomic mass is 19.1. The highest BCUT2D eigenvalue weighted by Gasteiger charge is 2.23. The molecule has 1 aromatic carbocycles. The van der Waals surface area contributed by atoms with Crippen LogP contribution in [-0.2, 0) is 52.5 Å². The monoisotopic (exact) mass is 948 g/mol. The zero-order valence-corrected chi connectivity index (χ0v) is 37.5. The van der Waals surface area contributed by atoms with Gasteiger partial charge in [0.05, 0.1) is 106 Å². The van der Waals surface area contributed by atoms with Gasteiger partial charge in [0.2, 0.25) is 35.4 Å². The molecule has 0 aromatic heterocycles. The van der Waals surface area contributed by atoms with Gasteiger partial charge in [-0.25, -0.2) is 4.79 Å². The molecule has 0 spiro atoms. The fourth-order valence-corrected chi connectivity index (χ4v) is 4.58. The minimum atomic E-state index is -1.00. The Bertz CT molecular complexity index is 1700. The van der Waals surface area contributed by atoms with Gasteiger partial charge in [-0.3, -0.25) is 43.3 Å². The maximum absolute atomic E-state index is 12.7. The van der Waals surface area contributed by atoms with Crippen molar-refractivity contribution in [2.75, 3.05) is 161 Å². The van der Waals surface area contributed by atoms with Crippen molar-refractivity contribution in [1.82, 2.24) is 35.1 Å². The third-order valence-corrected chi connectivity index (χ3v) is 8.31. The van der Waals surface area contributed by atoms with Crippen molar-refractivity contribution in [3.05, 3.63) is 44.8 Å². The van der Waals surface area contributed by atoms with E-state index in [9.17, 15) is 48.1 Å². The number of carbonyl (C=O) groups is 7. The number of nitrogens with one attached hydrogen (secondary N) is 2. The summed E-state index contributed by atoms with van der Waals surface area (Å²) in [5.74, 6) is -2.86. The van der Waals surface area contributed by atoms with Crippen LogP contribution in [0.5, 0.6) is 5.75 Å². The van der Waals surface area contributed by atoms with Crippen LogP contribution in [0, 0.1) is 10.1 Å². The molecule has 374 valence electrons. The lowest BCUT2D eigenvalue weighted by Gasteiger charge is -2.26. The quantitative estimate of drug-likeness (QED) is 0.0236. The Labute approximate surface area is 385 Å². The first-order valence-electron chi connectivity index (χ1n) is 20.6. The van der Waals surface area contributed by atoms with Crippen LogP contribution < -0.4 is 15.4 Å². The van der Waals surface area contributed by atoms with Gasteiger partial charge in [0, 0.05) is 71.9 Å². The first-order chi connectivity index (χ1) is 31.5. The van der Waals surface area contributed by atoms with Gasteiger partial charge in [0.15, 0.2) is 0 Å². The summed E-state index contributed by atoms with van der Waals surface area (Å²) in [6, 6.07) is 5.10. The van der Waals surface area contributed by atoms with Crippen molar-refractivity contribution in [3.8, 4) is 5.75 Å². The van der Waals surface area contributed by atoms with Gasteiger partial charge >= 0.3 is 6.09 Å². The van der Waals surface area contributed by atoms with E-state index in [0.29, 0.717) is 39.5 Å². The Morgan fingerprint density at radius 3 is 1.48 bits per heavy atom. The van der Waals surface area contributed by atoms with E-state index < -0.39 is 53.6 Å². The molecule has 0 saturated carbocycles. The van der Waals surface area contributed by atoms with Gasteiger partial charge in [-0.15, -0.1) is 0 Å². The summed E-state index contributed by atoms with van der Waals surface area (Å²) >= 11 is 0. The number of amides is 7. The summed E-state index contributed by atoms with van der Waals surface area (Å²) < 4.78 is 47.4. The van der Waals surface area contributed by atoms with E-state index in [-0.39, 0.29) is 104 Å². The highest BCUT2D eigenvalue weighted by molar-refractivity contribution is 5.91. The smallest absolute Gasteiger partial charge is 0.410 e. The van der Waals surface area contributed by atoms with Crippen molar-refractivity contribution >= 4 is 47.2 Å². The second-order valence-corrected chi connectivity index (χ2v) is 13.5. The number of alkyl halides is 1. The van der Waals surface area contributed by atoms with E-state index in [1.165, 1.54) is 59.5 Å². The first kappa shape index (κ1) is 59.8. The number of likely N-dealkylation sites (N-methyl/N-ethyl adjacent to an activating group) is 5. The van der Waals surface area contributed by atoms with Crippen LogP contribution in [0.3, 0.4) is 0 Å². The lowest BCUT2D eigenvalue weighted by atomic mass is 10.3. The van der Waals surface area contributed by atoms with Crippen LogP contribution in [0.15, 0.2) is 29.4 Å². The summed E-state index contributed by atoms with van der Waals surface area (Å²) in [4.78, 5) is 105. The molecule has 0 fully saturated rings.